The molecule has 0 saturated heterocycles. The third-order valence-electron chi connectivity index (χ3n) is 3.13. The van der Waals surface area contributed by atoms with Crippen LogP contribution < -0.4 is 10.2 Å². The first-order valence-corrected chi connectivity index (χ1v) is 6.34. The van der Waals surface area contributed by atoms with Crippen molar-refractivity contribution in [1.29, 1.82) is 0 Å². The largest absolute Gasteiger partial charge is 0.493 e. The zero-order chi connectivity index (χ0) is 12.1. The molecule has 0 aliphatic heterocycles. The minimum atomic E-state index is 0.594. The maximum atomic E-state index is 5.97. The molecule has 1 aromatic carbocycles. The van der Waals surface area contributed by atoms with Gasteiger partial charge in [-0.3, -0.25) is 0 Å². The van der Waals surface area contributed by atoms with Crippen molar-refractivity contribution in [3.63, 3.8) is 0 Å². The van der Waals surface area contributed by atoms with Gasteiger partial charge in [-0.25, -0.2) is 0 Å². The number of rotatable bonds is 6. The summed E-state index contributed by atoms with van der Waals surface area (Å²) in [7, 11) is 1.60. The third-order valence-corrected chi connectivity index (χ3v) is 3.36. The van der Waals surface area contributed by atoms with Crippen molar-refractivity contribution in [2.45, 2.75) is 25.8 Å². The van der Waals surface area contributed by atoms with Gasteiger partial charge in [-0.15, -0.1) is 0 Å². The molecule has 4 heteroatoms. The highest BCUT2D eigenvalue weighted by atomic mass is 35.5. The van der Waals surface area contributed by atoms with E-state index in [9.17, 15) is 0 Å². The molecule has 1 aromatic rings. The molecular weight excluding hydrogens is 238 g/mol. The van der Waals surface area contributed by atoms with Crippen molar-refractivity contribution in [3.05, 3.63) is 28.8 Å². The van der Waals surface area contributed by atoms with Crippen molar-refractivity contribution in [1.82, 2.24) is 5.48 Å². The van der Waals surface area contributed by atoms with Gasteiger partial charge in [0, 0.05) is 17.1 Å². The topological polar surface area (TPSA) is 30.5 Å². The Balaban J connectivity index is 1.97. The van der Waals surface area contributed by atoms with Crippen LogP contribution in [-0.4, -0.2) is 13.7 Å². The molecule has 0 amide bonds. The predicted octanol–water partition coefficient (Wildman–Crippen LogP) is 3.17. The van der Waals surface area contributed by atoms with Crippen LogP contribution in [0.25, 0.3) is 0 Å². The maximum absolute atomic E-state index is 5.97. The van der Waals surface area contributed by atoms with E-state index in [-0.39, 0.29) is 0 Å². The molecule has 3 nitrogen and oxygen atoms in total. The Bertz CT molecular complexity index is 366. The van der Waals surface area contributed by atoms with Gasteiger partial charge in [0.05, 0.1) is 13.7 Å². The van der Waals surface area contributed by atoms with Crippen LogP contribution in [-0.2, 0) is 11.4 Å². The molecule has 0 spiro atoms. The quantitative estimate of drug-likeness (QED) is 0.792. The van der Waals surface area contributed by atoms with Crippen LogP contribution >= 0.6 is 11.6 Å². The van der Waals surface area contributed by atoms with Crippen molar-refractivity contribution in [2.75, 3.05) is 13.7 Å². The Hall–Kier alpha value is -0.770. The number of hydrogen-bond donors (Lipinski definition) is 1. The summed E-state index contributed by atoms with van der Waals surface area (Å²) in [5.74, 6) is 1.62. The van der Waals surface area contributed by atoms with E-state index >= 15 is 0 Å². The summed E-state index contributed by atoms with van der Waals surface area (Å²) in [6.07, 6.45) is 3.92. The second-order valence-electron chi connectivity index (χ2n) is 4.39. The zero-order valence-corrected chi connectivity index (χ0v) is 10.8. The minimum Gasteiger partial charge on any atom is -0.493 e. The Morgan fingerprint density at radius 1 is 1.41 bits per heavy atom. The van der Waals surface area contributed by atoms with Gasteiger partial charge < -0.3 is 9.57 Å². The summed E-state index contributed by atoms with van der Waals surface area (Å²) in [6.45, 7) is 1.40. The van der Waals surface area contributed by atoms with Crippen LogP contribution in [0.15, 0.2) is 18.2 Å². The Morgan fingerprint density at radius 2 is 2.24 bits per heavy atom. The fourth-order valence-electron chi connectivity index (χ4n) is 1.84. The standard InChI is InChI=1S/C13H18ClNO2/c1-16-15-8-11-7-12(14)5-6-13(11)17-9-10-3-2-4-10/h5-7,10,15H,2-4,8-9H2,1H3. The van der Waals surface area contributed by atoms with E-state index in [4.69, 9.17) is 21.2 Å². The van der Waals surface area contributed by atoms with Gasteiger partial charge in [0.25, 0.3) is 0 Å². The lowest BCUT2D eigenvalue weighted by Crippen LogP contribution is -2.20. The number of halogens is 1. The van der Waals surface area contributed by atoms with Crippen molar-refractivity contribution in [2.24, 2.45) is 5.92 Å². The molecule has 2 rings (SSSR count). The summed E-state index contributed by atoms with van der Waals surface area (Å²) in [5.41, 5.74) is 3.84. The molecule has 0 radical (unpaired) electrons. The van der Waals surface area contributed by atoms with Gasteiger partial charge in [0.2, 0.25) is 0 Å². The Kier molecular flexibility index (Phi) is 4.66. The zero-order valence-electron chi connectivity index (χ0n) is 10.0. The van der Waals surface area contributed by atoms with Crippen LogP contribution in [0, 0.1) is 5.92 Å². The molecule has 1 N–H and O–H groups in total. The van der Waals surface area contributed by atoms with E-state index in [0.717, 1.165) is 23.8 Å². The Morgan fingerprint density at radius 3 is 2.88 bits per heavy atom. The lowest BCUT2D eigenvalue weighted by atomic mass is 9.86. The molecule has 94 valence electrons. The average Bonchev–Trinajstić information content (AvgIpc) is 2.26. The van der Waals surface area contributed by atoms with Gasteiger partial charge in [-0.2, -0.15) is 5.48 Å². The number of benzene rings is 1. The highest BCUT2D eigenvalue weighted by Gasteiger charge is 2.18. The normalized spacial score (nSPS) is 15.6. The van der Waals surface area contributed by atoms with Crippen LogP contribution in [0.4, 0.5) is 0 Å². The van der Waals surface area contributed by atoms with E-state index in [1.165, 1.54) is 19.3 Å². The van der Waals surface area contributed by atoms with Crippen LogP contribution in [0.5, 0.6) is 5.75 Å². The first kappa shape index (κ1) is 12.7. The third kappa shape index (κ3) is 3.60. The number of hydrogen-bond acceptors (Lipinski definition) is 3. The lowest BCUT2D eigenvalue weighted by molar-refractivity contribution is 0.0854. The fraction of sp³-hybridized carbons (Fsp3) is 0.538. The molecule has 0 atom stereocenters. The van der Waals surface area contributed by atoms with E-state index in [1.807, 2.05) is 18.2 Å². The molecule has 1 saturated carbocycles. The number of ether oxygens (including phenoxy) is 1. The summed E-state index contributed by atoms with van der Waals surface area (Å²) in [5, 5.41) is 0.717. The SMILES string of the molecule is CONCc1cc(Cl)ccc1OCC1CCC1. The maximum Gasteiger partial charge on any atom is 0.123 e. The van der Waals surface area contributed by atoms with E-state index in [1.54, 1.807) is 7.11 Å². The highest BCUT2D eigenvalue weighted by Crippen LogP contribution is 2.29. The molecule has 1 fully saturated rings. The minimum absolute atomic E-state index is 0.594. The molecular formula is C13H18ClNO2. The summed E-state index contributed by atoms with van der Waals surface area (Å²) < 4.78 is 5.84. The second kappa shape index (κ2) is 6.24. The van der Waals surface area contributed by atoms with Crippen LogP contribution in [0.1, 0.15) is 24.8 Å². The van der Waals surface area contributed by atoms with Gasteiger partial charge in [-0.05, 0) is 37.0 Å². The summed E-state index contributed by atoms with van der Waals surface area (Å²) in [4.78, 5) is 4.85. The Labute approximate surface area is 107 Å². The fourth-order valence-corrected chi connectivity index (χ4v) is 2.04. The first-order chi connectivity index (χ1) is 8.29. The average molecular weight is 256 g/mol. The van der Waals surface area contributed by atoms with Gasteiger partial charge in [-0.1, -0.05) is 18.0 Å². The number of nitrogens with one attached hydrogen (secondary N) is 1. The predicted molar refractivity (Wildman–Crippen MR) is 68.1 cm³/mol. The highest BCUT2D eigenvalue weighted by molar-refractivity contribution is 6.30. The van der Waals surface area contributed by atoms with Gasteiger partial charge in [0.1, 0.15) is 5.75 Å². The van der Waals surface area contributed by atoms with E-state index in [2.05, 4.69) is 5.48 Å². The first-order valence-electron chi connectivity index (χ1n) is 5.96. The molecule has 0 heterocycles. The van der Waals surface area contributed by atoms with Crippen LogP contribution in [0.3, 0.4) is 0 Å². The smallest absolute Gasteiger partial charge is 0.123 e. The van der Waals surface area contributed by atoms with Gasteiger partial charge >= 0.3 is 0 Å². The molecule has 0 aromatic heterocycles. The second-order valence-corrected chi connectivity index (χ2v) is 4.82. The molecule has 0 unspecified atom stereocenters. The van der Waals surface area contributed by atoms with Crippen LogP contribution in [0.2, 0.25) is 5.02 Å². The molecule has 1 aliphatic carbocycles. The van der Waals surface area contributed by atoms with Gasteiger partial charge in [0.15, 0.2) is 0 Å². The van der Waals surface area contributed by atoms with Crippen molar-refractivity contribution in [3.8, 4) is 5.75 Å². The van der Waals surface area contributed by atoms with Crippen molar-refractivity contribution < 1.29 is 9.57 Å². The lowest BCUT2D eigenvalue weighted by Gasteiger charge is -2.25. The monoisotopic (exact) mass is 255 g/mol. The number of hydroxylamine groups is 1. The molecule has 1 aliphatic rings. The van der Waals surface area contributed by atoms with E-state index in [0.29, 0.717) is 11.6 Å². The van der Waals surface area contributed by atoms with Crippen molar-refractivity contribution >= 4 is 11.6 Å². The molecule has 0 bridgehead atoms. The summed E-state index contributed by atoms with van der Waals surface area (Å²) >= 11 is 5.97. The molecule has 17 heavy (non-hydrogen) atoms. The van der Waals surface area contributed by atoms with E-state index < -0.39 is 0 Å². The summed E-state index contributed by atoms with van der Waals surface area (Å²) in [6, 6.07) is 5.69.